The molecule has 0 saturated heterocycles. The number of amides is 1. The number of nitrogens with one attached hydrogen (secondary N) is 1. The van der Waals surface area contributed by atoms with Gasteiger partial charge in [0.25, 0.3) is 5.91 Å². The summed E-state index contributed by atoms with van der Waals surface area (Å²) in [4.78, 5) is 24.7. The molecule has 0 aliphatic carbocycles. The SMILES string of the molecule is Cc1cc(C(=O)Nc2ccc3oc(C)nc3c2)nc(C)n1. The number of rotatable bonds is 2. The van der Waals surface area contributed by atoms with Gasteiger partial charge in [-0.1, -0.05) is 0 Å². The van der Waals surface area contributed by atoms with E-state index in [4.69, 9.17) is 4.42 Å². The highest BCUT2D eigenvalue weighted by Gasteiger charge is 2.11. The van der Waals surface area contributed by atoms with Gasteiger partial charge in [-0.25, -0.2) is 15.0 Å². The molecule has 6 nitrogen and oxygen atoms in total. The third-order valence-corrected chi connectivity index (χ3v) is 2.95. The Kier molecular flexibility index (Phi) is 3.13. The molecule has 0 aliphatic heterocycles. The van der Waals surface area contributed by atoms with Gasteiger partial charge in [-0.2, -0.15) is 0 Å². The summed E-state index contributed by atoms with van der Waals surface area (Å²) in [6.07, 6.45) is 0. The topological polar surface area (TPSA) is 80.9 Å². The minimum absolute atomic E-state index is 0.275. The van der Waals surface area contributed by atoms with Crippen molar-refractivity contribution in [1.82, 2.24) is 15.0 Å². The Balaban J connectivity index is 1.88. The van der Waals surface area contributed by atoms with E-state index in [1.807, 2.05) is 6.92 Å². The van der Waals surface area contributed by atoms with Crippen molar-refractivity contribution < 1.29 is 9.21 Å². The highest BCUT2D eigenvalue weighted by atomic mass is 16.3. The van der Waals surface area contributed by atoms with Gasteiger partial charge in [-0.15, -0.1) is 0 Å². The summed E-state index contributed by atoms with van der Waals surface area (Å²) < 4.78 is 5.40. The van der Waals surface area contributed by atoms with Crippen molar-refractivity contribution in [3.8, 4) is 0 Å². The van der Waals surface area contributed by atoms with E-state index in [0.29, 0.717) is 34.2 Å². The molecular formula is C15H14N4O2. The monoisotopic (exact) mass is 282 g/mol. The molecule has 1 N–H and O–H groups in total. The summed E-state index contributed by atoms with van der Waals surface area (Å²) in [5.41, 5.74) is 3.15. The standard InChI is InChI=1S/C15H14N4O2/c1-8-6-13(17-9(2)16-8)15(20)19-11-4-5-14-12(7-11)18-10(3)21-14/h4-7H,1-3H3,(H,19,20). The van der Waals surface area contributed by atoms with Crippen LogP contribution in [0, 0.1) is 20.8 Å². The van der Waals surface area contributed by atoms with Crippen LogP contribution in [-0.2, 0) is 0 Å². The molecule has 0 bridgehead atoms. The maximum atomic E-state index is 12.2. The minimum atomic E-state index is -0.275. The number of carbonyl (C=O) groups excluding carboxylic acids is 1. The van der Waals surface area contributed by atoms with Crippen LogP contribution in [0.2, 0.25) is 0 Å². The second-order valence-corrected chi connectivity index (χ2v) is 4.81. The van der Waals surface area contributed by atoms with Crippen molar-refractivity contribution in [3.63, 3.8) is 0 Å². The molecule has 3 rings (SSSR count). The molecule has 1 aromatic carbocycles. The molecule has 1 amide bonds. The first-order chi connectivity index (χ1) is 10.0. The molecular weight excluding hydrogens is 268 g/mol. The minimum Gasteiger partial charge on any atom is -0.441 e. The largest absolute Gasteiger partial charge is 0.441 e. The molecule has 0 fully saturated rings. The first-order valence-corrected chi connectivity index (χ1v) is 6.52. The molecule has 2 aromatic heterocycles. The van der Waals surface area contributed by atoms with E-state index in [9.17, 15) is 4.79 Å². The van der Waals surface area contributed by atoms with Gasteiger partial charge in [0.1, 0.15) is 17.0 Å². The highest BCUT2D eigenvalue weighted by molar-refractivity contribution is 6.03. The van der Waals surface area contributed by atoms with Crippen molar-refractivity contribution in [3.05, 3.63) is 47.4 Å². The van der Waals surface area contributed by atoms with E-state index in [1.165, 1.54) is 0 Å². The molecule has 21 heavy (non-hydrogen) atoms. The van der Waals surface area contributed by atoms with Gasteiger partial charge in [-0.05, 0) is 38.1 Å². The van der Waals surface area contributed by atoms with Crippen LogP contribution in [0.25, 0.3) is 11.1 Å². The molecule has 0 spiro atoms. The first kappa shape index (κ1) is 13.2. The van der Waals surface area contributed by atoms with Crippen LogP contribution in [-0.4, -0.2) is 20.9 Å². The Morgan fingerprint density at radius 3 is 2.67 bits per heavy atom. The number of aryl methyl sites for hydroxylation is 3. The lowest BCUT2D eigenvalue weighted by molar-refractivity contribution is 0.102. The van der Waals surface area contributed by atoms with E-state index in [1.54, 1.807) is 38.1 Å². The molecule has 2 heterocycles. The smallest absolute Gasteiger partial charge is 0.274 e. The Morgan fingerprint density at radius 1 is 1.10 bits per heavy atom. The number of benzene rings is 1. The lowest BCUT2D eigenvalue weighted by atomic mass is 10.2. The average Bonchev–Trinajstić information content (AvgIpc) is 2.77. The van der Waals surface area contributed by atoms with Gasteiger partial charge >= 0.3 is 0 Å². The van der Waals surface area contributed by atoms with Crippen molar-refractivity contribution in [2.45, 2.75) is 20.8 Å². The second-order valence-electron chi connectivity index (χ2n) is 4.81. The zero-order valence-corrected chi connectivity index (χ0v) is 12.0. The summed E-state index contributed by atoms with van der Waals surface area (Å²) >= 11 is 0. The maximum absolute atomic E-state index is 12.2. The quantitative estimate of drug-likeness (QED) is 0.781. The molecule has 0 saturated carbocycles. The molecule has 106 valence electrons. The fourth-order valence-electron chi connectivity index (χ4n) is 2.15. The number of oxazole rings is 1. The van der Waals surface area contributed by atoms with Crippen LogP contribution in [0.1, 0.15) is 27.9 Å². The van der Waals surface area contributed by atoms with Gasteiger partial charge in [0.15, 0.2) is 11.5 Å². The first-order valence-electron chi connectivity index (χ1n) is 6.52. The number of hydrogen-bond donors (Lipinski definition) is 1. The van der Waals surface area contributed by atoms with Crippen LogP contribution in [0.4, 0.5) is 5.69 Å². The summed E-state index contributed by atoms with van der Waals surface area (Å²) in [5, 5.41) is 2.80. The Labute approximate surface area is 121 Å². The Bertz CT molecular complexity index is 819. The zero-order valence-electron chi connectivity index (χ0n) is 12.0. The van der Waals surface area contributed by atoms with Crippen molar-refractivity contribution in [2.75, 3.05) is 5.32 Å². The van der Waals surface area contributed by atoms with Crippen molar-refractivity contribution in [2.24, 2.45) is 0 Å². The Morgan fingerprint density at radius 2 is 1.90 bits per heavy atom. The fourth-order valence-corrected chi connectivity index (χ4v) is 2.15. The maximum Gasteiger partial charge on any atom is 0.274 e. The van der Waals surface area contributed by atoms with Crippen LogP contribution in [0.3, 0.4) is 0 Å². The van der Waals surface area contributed by atoms with Crippen molar-refractivity contribution >= 4 is 22.7 Å². The number of carbonyl (C=O) groups is 1. The van der Waals surface area contributed by atoms with Gasteiger partial charge in [0.2, 0.25) is 0 Å². The summed E-state index contributed by atoms with van der Waals surface area (Å²) in [7, 11) is 0. The molecule has 0 radical (unpaired) electrons. The summed E-state index contributed by atoms with van der Waals surface area (Å²) in [5.74, 6) is 0.890. The lowest BCUT2D eigenvalue weighted by Gasteiger charge is -2.05. The lowest BCUT2D eigenvalue weighted by Crippen LogP contribution is -2.15. The number of aromatic nitrogens is 3. The molecule has 6 heteroatoms. The van der Waals surface area contributed by atoms with E-state index in [-0.39, 0.29) is 5.91 Å². The number of fused-ring (bicyclic) bond motifs is 1. The number of anilines is 1. The van der Waals surface area contributed by atoms with Gasteiger partial charge < -0.3 is 9.73 Å². The van der Waals surface area contributed by atoms with Crippen molar-refractivity contribution in [1.29, 1.82) is 0 Å². The van der Waals surface area contributed by atoms with Gasteiger partial charge in [-0.3, -0.25) is 4.79 Å². The third-order valence-electron chi connectivity index (χ3n) is 2.95. The van der Waals surface area contributed by atoms with Gasteiger partial charge in [0, 0.05) is 18.3 Å². The predicted molar refractivity (Wildman–Crippen MR) is 78.2 cm³/mol. The Hall–Kier alpha value is -2.76. The fraction of sp³-hybridized carbons (Fsp3) is 0.200. The van der Waals surface area contributed by atoms with Crippen LogP contribution in [0.5, 0.6) is 0 Å². The number of hydrogen-bond acceptors (Lipinski definition) is 5. The third kappa shape index (κ3) is 2.74. The molecule has 3 aromatic rings. The number of nitrogens with zero attached hydrogens (tertiary/aromatic N) is 3. The zero-order chi connectivity index (χ0) is 15.0. The van der Waals surface area contributed by atoms with Crippen LogP contribution >= 0.6 is 0 Å². The van der Waals surface area contributed by atoms with E-state index >= 15 is 0 Å². The van der Waals surface area contributed by atoms with Gasteiger partial charge in [0.05, 0.1) is 0 Å². The molecule has 0 unspecified atom stereocenters. The van der Waals surface area contributed by atoms with Crippen LogP contribution < -0.4 is 5.32 Å². The van der Waals surface area contributed by atoms with E-state index < -0.39 is 0 Å². The predicted octanol–water partition coefficient (Wildman–Crippen LogP) is 2.80. The highest BCUT2D eigenvalue weighted by Crippen LogP contribution is 2.20. The van der Waals surface area contributed by atoms with Crippen LogP contribution in [0.15, 0.2) is 28.7 Å². The average molecular weight is 282 g/mol. The summed E-state index contributed by atoms with van der Waals surface area (Å²) in [6, 6.07) is 6.97. The van der Waals surface area contributed by atoms with E-state index in [2.05, 4.69) is 20.3 Å². The van der Waals surface area contributed by atoms with E-state index in [0.717, 1.165) is 5.69 Å². The second kappa shape index (κ2) is 4.97. The normalized spacial score (nSPS) is 10.8. The molecule has 0 aliphatic rings. The summed E-state index contributed by atoms with van der Waals surface area (Å²) in [6.45, 7) is 5.37. The molecule has 0 atom stereocenters.